The van der Waals surface area contributed by atoms with E-state index in [1.165, 1.54) is 5.39 Å². The van der Waals surface area contributed by atoms with E-state index in [2.05, 4.69) is 16.7 Å². The van der Waals surface area contributed by atoms with E-state index in [1.807, 2.05) is 66.7 Å². The van der Waals surface area contributed by atoms with Gasteiger partial charge in [-0.3, -0.25) is 4.79 Å². The first kappa shape index (κ1) is 20.7. The number of fused-ring (bicyclic) bond motifs is 1. The maximum atomic E-state index is 12.6. The second-order valence-corrected chi connectivity index (χ2v) is 7.73. The van der Waals surface area contributed by atoms with Crippen LogP contribution in [0.3, 0.4) is 0 Å². The second-order valence-electron chi connectivity index (χ2n) is 7.73. The topological polar surface area (TPSA) is 70.7 Å². The molecule has 0 saturated carbocycles. The number of ether oxygens (including phenoxy) is 1. The lowest BCUT2D eigenvalue weighted by Crippen LogP contribution is -2.47. The van der Waals surface area contributed by atoms with Gasteiger partial charge in [0.2, 0.25) is 5.91 Å². The number of rotatable bonds is 6. The molecule has 1 saturated heterocycles. The Morgan fingerprint density at radius 1 is 0.968 bits per heavy atom. The molecule has 1 aliphatic heterocycles. The van der Waals surface area contributed by atoms with Crippen LogP contribution < -0.4 is 15.4 Å². The predicted molar refractivity (Wildman–Crippen MR) is 122 cm³/mol. The number of likely N-dealkylation sites (tertiary alicyclic amines) is 1. The summed E-state index contributed by atoms with van der Waals surface area (Å²) in [4.78, 5) is 26.8. The zero-order valence-corrected chi connectivity index (χ0v) is 17.4. The highest BCUT2D eigenvalue weighted by Gasteiger charge is 2.28. The minimum absolute atomic E-state index is 0.0284. The van der Waals surface area contributed by atoms with Gasteiger partial charge in [-0.1, -0.05) is 48.5 Å². The van der Waals surface area contributed by atoms with Crippen LogP contribution in [0, 0.1) is 5.92 Å². The summed E-state index contributed by atoms with van der Waals surface area (Å²) in [6.45, 7) is 1.91. The molecule has 4 rings (SSSR count). The first-order valence-corrected chi connectivity index (χ1v) is 10.7. The number of carbonyl (C=O) groups is 2. The number of amides is 3. The maximum Gasteiger partial charge on any atom is 0.321 e. The lowest BCUT2D eigenvalue weighted by molar-refractivity contribution is -0.126. The van der Waals surface area contributed by atoms with Crippen LogP contribution >= 0.6 is 0 Å². The van der Waals surface area contributed by atoms with Crippen molar-refractivity contribution in [2.75, 3.05) is 31.6 Å². The van der Waals surface area contributed by atoms with E-state index >= 15 is 0 Å². The first-order valence-electron chi connectivity index (χ1n) is 10.7. The van der Waals surface area contributed by atoms with Gasteiger partial charge in [-0.05, 0) is 47.9 Å². The van der Waals surface area contributed by atoms with Crippen LogP contribution in [0.1, 0.15) is 12.8 Å². The van der Waals surface area contributed by atoms with E-state index in [-0.39, 0.29) is 17.9 Å². The molecule has 0 spiro atoms. The number of hydrogen-bond acceptors (Lipinski definition) is 3. The molecule has 0 radical (unpaired) electrons. The van der Waals surface area contributed by atoms with Crippen molar-refractivity contribution < 1.29 is 14.3 Å². The summed E-state index contributed by atoms with van der Waals surface area (Å²) in [5.74, 6) is 0.560. The molecule has 1 heterocycles. The number of hydrogen-bond donors (Lipinski definition) is 2. The molecule has 0 unspecified atom stereocenters. The molecule has 6 heteroatoms. The maximum absolute atomic E-state index is 12.6. The molecule has 1 atom stereocenters. The summed E-state index contributed by atoms with van der Waals surface area (Å²) in [7, 11) is 0. The van der Waals surface area contributed by atoms with E-state index in [0.29, 0.717) is 26.2 Å². The van der Waals surface area contributed by atoms with Crippen molar-refractivity contribution in [3.8, 4) is 5.75 Å². The lowest BCUT2D eigenvalue weighted by Gasteiger charge is -2.32. The Balaban J connectivity index is 1.22. The Bertz CT molecular complexity index is 1040. The summed E-state index contributed by atoms with van der Waals surface area (Å²) in [6.07, 6.45) is 1.60. The minimum Gasteiger partial charge on any atom is -0.492 e. The van der Waals surface area contributed by atoms with Crippen molar-refractivity contribution in [3.05, 3.63) is 72.8 Å². The Labute approximate surface area is 182 Å². The molecule has 0 aliphatic carbocycles. The fraction of sp³-hybridized carbons (Fsp3) is 0.280. The van der Waals surface area contributed by atoms with E-state index in [4.69, 9.17) is 4.74 Å². The Morgan fingerprint density at radius 2 is 1.74 bits per heavy atom. The molecule has 160 valence electrons. The molecule has 1 aliphatic rings. The smallest absolute Gasteiger partial charge is 0.321 e. The second kappa shape index (κ2) is 9.98. The minimum atomic E-state index is -0.198. The van der Waals surface area contributed by atoms with Gasteiger partial charge in [0.25, 0.3) is 0 Å². The normalized spacial score (nSPS) is 16.0. The number of para-hydroxylation sites is 1. The van der Waals surface area contributed by atoms with E-state index in [9.17, 15) is 9.59 Å². The van der Waals surface area contributed by atoms with Gasteiger partial charge in [0, 0.05) is 18.8 Å². The van der Waals surface area contributed by atoms with Crippen molar-refractivity contribution in [2.24, 2.45) is 5.92 Å². The van der Waals surface area contributed by atoms with Gasteiger partial charge in [-0.2, -0.15) is 0 Å². The fourth-order valence-corrected chi connectivity index (χ4v) is 3.84. The van der Waals surface area contributed by atoms with Crippen molar-refractivity contribution in [2.45, 2.75) is 12.8 Å². The third-order valence-electron chi connectivity index (χ3n) is 5.50. The van der Waals surface area contributed by atoms with Crippen molar-refractivity contribution in [1.82, 2.24) is 10.2 Å². The van der Waals surface area contributed by atoms with Crippen LogP contribution in [0.25, 0.3) is 10.8 Å². The van der Waals surface area contributed by atoms with Crippen molar-refractivity contribution in [1.29, 1.82) is 0 Å². The monoisotopic (exact) mass is 417 g/mol. The van der Waals surface area contributed by atoms with E-state index in [0.717, 1.165) is 29.7 Å². The van der Waals surface area contributed by atoms with Crippen LogP contribution in [0.4, 0.5) is 10.5 Å². The third-order valence-corrected chi connectivity index (χ3v) is 5.50. The number of urea groups is 1. The number of anilines is 1. The van der Waals surface area contributed by atoms with Crippen molar-refractivity contribution in [3.63, 3.8) is 0 Å². The highest BCUT2D eigenvalue weighted by atomic mass is 16.5. The predicted octanol–water partition coefficient (Wildman–Crippen LogP) is 4.28. The van der Waals surface area contributed by atoms with Crippen LogP contribution in [0.15, 0.2) is 72.8 Å². The molecule has 3 aromatic rings. The summed E-state index contributed by atoms with van der Waals surface area (Å²) < 4.78 is 5.79. The van der Waals surface area contributed by atoms with E-state index in [1.54, 1.807) is 4.90 Å². The number of carbonyl (C=O) groups excluding carboxylic acids is 2. The van der Waals surface area contributed by atoms with Crippen LogP contribution in [-0.2, 0) is 4.79 Å². The SMILES string of the molecule is O=C(NCCOc1ccc2ccccc2c1)[C@@H]1CCCN(C(=O)Nc2ccccc2)C1. The fourth-order valence-electron chi connectivity index (χ4n) is 3.84. The summed E-state index contributed by atoms with van der Waals surface area (Å²) in [5.41, 5.74) is 0.755. The Morgan fingerprint density at radius 3 is 2.58 bits per heavy atom. The van der Waals surface area contributed by atoms with Gasteiger partial charge >= 0.3 is 6.03 Å². The summed E-state index contributed by atoms with van der Waals surface area (Å²) >= 11 is 0. The summed E-state index contributed by atoms with van der Waals surface area (Å²) in [6, 6.07) is 23.3. The number of nitrogens with one attached hydrogen (secondary N) is 2. The standard InChI is InChI=1S/C25H27N3O3/c29-24(26-14-16-31-23-13-12-19-7-4-5-8-20(19)17-23)21-9-6-15-28(18-21)25(30)27-22-10-2-1-3-11-22/h1-5,7-8,10-13,17,21H,6,9,14-16,18H2,(H,26,29)(H,27,30)/t21-/m1/s1. The highest BCUT2D eigenvalue weighted by molar-refractivity contribution is 5.90. The van der Waals surface area contributed by atoms with Crippen molar-refractivity contribution >= 4 is 28.4 Å². The lowest BCUT2D eigenvalue weighted by atomic mass is 9.97. The third kappa shape index (κ3) is 5.54. The average molecular weight is 418 g/mol. The zero-order chi connectivity index (χ0) is 21.5. The molecule has 2 N–H and O–H groups in total. The number of nitrogens with zero attached hydrogens (tertiary/aromatic N) is 1. The molecule has 3 aromatic carbocycles. The first-order chi connectivity index (χ1) is 15.2. The molecule has 0 bridgehead atoms. The molecular formula is C25H27N3O3. The van der Waals surface area contributed by atoms with Crippen LogP contribution in [0.2, 0.25) is 0 Å². The van der Waals surface area contributed by atoms with Gasteiger partial charge in [0.05, 0.1) is 12.5 Å². The number of piperidine rings is 1. The Hall–Kier alpha value is -3.54. The van der Waals surface area contributed by atoms with Gasteiger partial charge in [0.1, 0.15) is 12.4 Å². The molecule has 1 fully saturated rings. The molecule has 31 heavy (non-hydrogen) atoms. The molecule has 3 amide bonds. The van der Waals surface area contributed by atoms with Gasteiger partial charge < -0.3 is 20.3 Å². The quantitative estimate of drug-likeness (QED) is 0.588. The molecule has 0 aromatic heterocycles. The summed E-state index contributed by atoms with van der Waals surface area (Å²) in [5, 5.41) is 8.13. The van der Waals surface area contributed by atoms with Crippen LogP contribution in [-0.4, -0.2) is 43.1 Å². The van der Waals surface area contributed by atoms with Gasteiger partial charge in [-0.25, -0.2) is 4.79 Å². The zero-order valence-electron chi connectivity index (χ0n) is 17.4. The number of benzene rings is 3. The van der Waals surface area contributed by atoms with Gasteiger partial charge in [-0.15, -0.1) is 0 Å². The largest absolute Gasteiger partial charge is 0.492 e. The Kier molecular flexibility index (Phi) is 6.67. The molecular weight excluding hydrogens is 390 g/mol. The van der Waals surface area contributed by atoms with Gasteiger partial charge in [0.15, 0.2) is 0 Å². The van der Waals surface area contributed by atoms with E-state index < -0.39 is 0 Å². The highest BCUT2D eigenvalue weighted by Crippen LogP contribution is 2.21. The van der Waals surface area contributed by atoms with Crippen LogP contribution in [0.5, 0.6) is 5.75 Å². The average Bonchev–Trinajstić information content (AvgIpc) is 2.82. The molecule has 6 nitrogen and oxygen atoms in total.